The number of fused-ring (bicyclic) bond motifs is 1. The SMILES string of the molecule is C[C@@H]1CCCC[C@H]1NC(=O)NC(=O)COC(=O)c1cc2ccccc2s1. The van der Waals surface area contributed by atoms with Crippen LogP contribution in [0.5, 0.6) is 0 Å². The zero-order valence-corrected chi connectivity index (χ0v) is 15.4. The maximum absolute atomic E-state index is 12.1. The first-order chi connectivity index (χ1) is 12.5. The fourth-order valence-electron chi connectivity index (χ4n) is 3.18. The van der Waals surface area contributed by atoms with Gasteiger partial charge < -0.3 is 10.1 Å². The van der Waals surface area contributed by atoms with Gasteiger partial charge in [-0.1, -0.05) is 38.0 Å². The zero-order valence-electron chi connectivity index (χ0n) is 14.6. The minimum atomic E-state index is -0.638. The van der Waals surface area contributed by atoms with Crippen LogP contribution in [-0.2, 0) is 9.53 Å². The van der Waals surface area contributed by atoms with Crippen LogP contribution in [0.15, 0.2) is 30.3 Å². The van der Waals surface area contributed by atoms with Crippen LogP contribution < -0.4 is 10.6 Å². The summed E-state index contributed by atoms with van der Waals surface area (Å²) in [6.07, 6.45) is 4.25. The Hall–Kier alpha value is -2.41. The molecule has 1 heterocycles. The van der Waals surface area contributed by atoms with E-state index >= 15 is 0 Å². The van der Waals surface area contributed by atoms with Gasteiger partial charge in [-0.3, -0.25) is 10.1 Å². The molecule has 3 amide bonds. The summed E-state index contributed by atoms with van der Waals surface area (Å²) in [6.45, 7) is 1.61. The molecule has 2 atom stereocenters. The quantitative estimate of drug-likeness (QED) is 0.803. The molecule has 0 bridgehead atoms. The zero-order chi connectivity index (χ0) is 18.5. The molecular weight excluding hydrogens is 352 g/mol. The minimum Gasteiger partial charge on any atom is -0.451 e. The van der Waals surface area contributed by atoms with E-state index in [1.54, 1.807) is 6.07 Å². The lowest BCUT2D eigenvalue weighted by atomic mass is 9.86. The highest BCUT2D eigenvalue weighted by Gasteiger charge is 2.23. The number of hydrogen-bond acceptors (Lipinski definition) is 5. The molecule has 138 valence electrons. The Balaban J connectivity index is 1.45. The lowest BCUT2D eigenvalue weighted by Crippen LogP contribution is -2.48. The van der Waals surface area contributed by atoms with Crippen LogP contribution in [0.25, 0.3) is 10.1 Å². The first kappa shape index (κ1) is 18.4. The van der Waals surface area contributed by atoms with E-state index in [0.717, 1.165) is 29.3 Å². The summed E-state index contributed by atoms with van der Waals surface area (Å²) < 4.78 is 5.99. The van der Waals surface area contributed by atoms with Gasteiger partial charge in [-0.2, -0.15) is 0 Å². The van der Waals surface area contributed by atoms with Crippen molar-refractivity contribution < 1.29 is 19.1 Å². The van der Waals surface area contributed by atoms with E-state index in [2.05, 4.69) is 17.6 Å². The van der Waals surface area contributed by atoms with Gasteiger partial charge in [-0.25, -0.2) is 9.59 Å². The smallest absolute Gasteiger partial charge is 0.348 e. The van der Waals surface area contributed by atoms with Gasteiger partial charge in [0.05, 0.1) is 0 Å². The van der Waals surface area contributed by atoms with Crippen molar-refractivity contribution in [2.75, 3.05) is 6.61 Å². The summed E-state index contributed by atoms with van der Waals surface area (Å²) in [4.78, 5) is 36.3. The van der Waals surface area contributed by atoms with Gasteiger partial charge >= 0.3 is 12.0 Å². The number of carbonyl (C=O) groups is 3. The number of esters is 1. The van der Waals surface area contributed by atoms with Gasteiger partial charge in [0.2, 0.25) is 0 Å². The summed E-state index contributed by atoms with van der Waals surface area (Å²) in [7, 11) is 0. The number of urea groups is 1. The Bertz CT molecular complexity index is 784. The number of benzene rings is 1. The lowest BCUT2D eigenvalue weighted by Gasteiger charge is -2.29. The van der Waals surface area contributed by atoms with Crippen LogP contribution in [-0.4, -0.2) is 30.6 Å². The number of rotatable bonds is 4. The minimum absolute atomic E-state index is 0.0812. The van der Waals surface area contributed by atoms with Gasteiger partial charge in [-0.05, 0) is 36.3 Å². The molecular formula is C19H22N2O4S. The van der Waals surface area contributed by atoms with Gasteiger partial charge in [0, 0.05) is 10.7 Å². The average Bonchev–Trinajstić information content (AvgIpc) is 3.06. The molecule has 1 fully saturated rings. The fraction of sp³-hybridized carbons (Fsp3) is 0.421. The van der Waals surface area contributed by atoms with Crippen molar-refractivity contribution in [3.8, 4) is 0 Å². The van der Waals surface area contributed by atoms with E-state index in [1.165, 1.54) is 17.8 Å². The first-order valence-corrected chi connectivity index (χ1v) is 9.60. The fourth-order valence-corrected chi connectivity index (χ4v) is 4.14. The van der Waals surface area contributed by atoms with Crippen molar-refractivity contribution >= 4 is 39.3 Å². The van der Waals surface area contributed by atoms with Gasteiger partial charge in [0.25, 0.3) is 5.91 Å². The van der Waals surface area contributed by atoms with E-state index in [-0.39, 0.29) is 6.04 Å². The molecule has 0 saturated heterocycles. The number of nitrogens with one attached hydrogen (secondary N) is 2. The van der Waals surface area contributed by atoms with Crippen molar-refractivity contribution in [1.29, 1.82) is 0 Å². The molecule has 0 aliphatic heterocycles. The molecule has 0 unspecified atom stereocenters. The van der Waals surface area contributed by atoms with Crippen molar-refractivity contribution in [2.45, 2.75) is 38.6 Å². The molecule has 0 spiro atoms. The highest BCUT2D eigenvalue weighted by atomic mass is 32.1. The molecule has 1 aliphatic carbocycles. The summed E-state index contributed by atoms with van der Waals surface area (Å²) in [5, 5.41) is 6.00. The lowest BCUT2D eigenvalue weighted by molar-refractivity contribution is -0.123. The second kappa shape index (κ2) is 8.31. The second-order valence-corrected chi connectivity index (χ2v) is 7.70. The molecule has 2 aromatic rings. The molecule has 7 heteroatoms. The first-order valence-electron chi connectivity index (χ1n) is 8.79. The summed E-state index contributed by atoms with van der Waals surface area (Å²) in [6, 6.07) is 8.89. The maximum Gasteiger partial charge on any atom is 0.348 e. The molecule has 26 heavy (non-hydrogen) atoms. The summed E-state index contributed by atoms with van der Waals surface area (Å²) >= 11 is 1.31. The molecule has 1 aliphatic rings. The number of imide groups is 1. The van der Waals surface area contributed by atoms with Crippen molar-refractivity contribution in [1.82, 2.24) is 10.6 Å². The average molecular weight is 374 g/mol. The molecule has 3 rings (SSSR count). The highest BCUT2D eigenvalue weighted by Crippen LogP contribution is 2.26. The number of thiophene rings is 1. The summed E-state index contributed by atoms with van der Waals surface area (Å²) in [5.74, 6) is -0.807. The predicted molar refractivity (Wildman–Crippen MR) is 100 cm³/mol. The van der Waals surface area contributed by atoms with Crippen LogP contribution >= 0.6 is 11.3 Å². The van der Waals surface area contributed by atoms with Crippen molar-refractivity contribution in [2.24, 2.45) is 5.92 Å². The van der Waals surface area contributed by atoms with E-state index in [4.69, 9.17) is 4.74 Å². The van der Waals surface area contributed by atoms with Crippen LogP contribution in [0.1, 0.15) is 42.3 Å². The normalized spacial score (nSPS) is 19.7. The van der Waals surface area contributed by atoms with Crippen molar-refractivity contribution in [3.63, 3.8) is 0 Å². The van der Waals surface area contributed by atoms with E-state index in [0.29, 0.717) is 10.8 Å². The third-order valence-corrected chi connectivity index (χ3v) is 5.74. The van der Waals surface area contributed by atoms with Crippen molar-refractivity contribution in [3.05, 3.63) is 35.2 Å². The Morgan fingerprint density at radius 3 is 2.73 bits per heavy atom. The van der Waals surface area contributed by atoms with Gasteiger partial charge in [0.1, 0.15) is 4.88 Å². The monoisotopic (exact) mass is 374 g/mol. The maximum atomic E-state index is 12.1. The van der Waals surface area contributed by atoms with E-state index in [1.807, 2.05) is 24.3 Å². The Kier molecular flexibility index (Phi) is 5.88. The van der Waals surface area contributed by atoms with Crippen LogP contribution in [0.2, 0.25) is 0 Å². The molecule has 1 aromatic carbocycles. The second-order valence-electron chi connectivity index (χ2n) is 6.61. The molecule has 0 radical (unpaired) electrons. The number of amides is 3. The number of hydrogen-bond donors (Lipinski definition) is 2. The Morgan fingerprint density at radius 2 is 1.96 bits per heavy atom. The Morgan fingerprint density at radius 1 is 1.19 bits per heavy atom. The number of ether oxygens (including phenoxy) is 1. The molecule has 1 aromatic heterocycles. The van der Waals surface area contributed by atoms with Gasteiger partial charge in [-0.15, -0.1) is 11.3 Å². The number of carbonyl (C=O) groups excluding carboxylic acids is 3. The Labute approximate surface area is 155 Å². The van der Waals surface area contributed by atoms with E-state index < -0.39 is 24.5 Å². The predicted octanol–water partition coefficient (Wildman–Crippen LogP) is 3.46. The van der Waals surface area contributed by atoms with Crippen LogP contribution in [0.4, 0.5) is 4.79 Å². The molecule has 2 N–H and O–H groups in total. The van der Waals surface area contributed by atoms with E-state index in [9.17, 15) is 14.4 Å². The standard InChI is InChI=1S/C19H22N2O4S/c1-12-6-2-4-8-14(12)20-19(24)21-17(22)11-25-18(23)16-10-13-7-3-5-9-15(13)26-16/h3,5,7,9-10,12,14H,2,4,6,8,11H2,1H3,(H2,20,21,22,24)/t12-,14-/m1/s1. The van der Waals surface area contributed by atoms with Crippen LogP contribution in [0.3, 0.4) is 0 Å². The van der Waals surface area contributed by atoms with Crippen LogP contribution in [0, 0.1) is 5.92 Å². The third-order valence-electron chi connectivity index (χ3n) is 4.64. The van der Waals surface area contributed by atoms with Gasteiger partial charge in [0.15, 0.2) is 6.61 Å². The molecule has 1 saturated carbocycles. The third kappa shape index (κ3) is 4.60. The summed E-state index contributed by atoms with van der Waals surface area (Å²) in [5.41, 5.74) is 0. The molecule has 6 nitrogen and oxygen atoms in total. The highest BCUT2D eigenvalue weighted by molar-refractivity contribution is 7.20. The topological polar surface area (TPSA) is 84.5 Å². The largest absolute Gasteiger partial charge is 0.451 e.